The molecule has 2 aromatic carbocycles. The van der Waals surface area contributed by atoms with E-state index in [-0.39, 0.29) is 12.1 Å². The number of aliphatic carboxylic acids is 1. The third-order valence-electron chi connectivity index (χ3n) is 5.74. The summed E-state index contributed by atoms with van der Waals surface area (Å²) in [5, 5.41) is 13.5. The van der Waals surface area contributed by atoms with Crippen LogP contribution in [0.2, 0.25) is 0 Å². The number of nitrogens with one attached hydrogen (secondary N) is 2. The number of fused-ring (bicyclic) bond motifs is 1. The largest absolute Gasteiger partial charge is 0.490 e. The third kappa shape index (κ3) is 6.00. The fourth-order valence-electron chi connectivity index (χ4n) is 4.07. The van der Waals surface area contributed by atoms with Gasteiger partial charge in [-0.15, -0.1) is 0 Å². The molecule has 4 rings (SSSR count). The third-order valence-corrected chi connectivity index (χ3v) is 5.74. The number of carboxylic acids is 1. The summed E-state index contributed by atoms with van der Waals surface area (Å²) in [5.74, 6) is -2.21. The molecule has 3 N–H and O–H groups in total. The number of hydrogen-bond acceptors (Lipinski definition) is 3. The van der Waals surface area contributed by atoms with Crippen LogP contribution < -0.4 is 10.6 Å². The lowest BCUT2D eigenvalue weighted by molar-refractivity contribution is -0.192. The van der Waals surface area contributed by atoms with Crippen molar-refractivity contribution in [2.45, 2.75) is 51.0 Å². The number of piperidine rings is 1. The number of carboxylic acid groups (broad SMARTS) is 1. The molecule has 2 amide bonds. The van der Waals surface area contributed by atoms with E-state index in [0.717, 1.165) is 38.2 Å². The maximum Gasteiger partial charge on any atom is 0.490 e. The Morgan fingerprint density at radius 1 is 1.09 bits per heavy atom. The van der Waals surface area contributed by atoms with E-state index >= 15 is 0 Å². The Morgan fingerprint density at radius 3 is 2.38 bits per heavy atom. The van der Waals surface area contributed by atoms with Crippen molar-refractivity contribution in [3.05, 3.63) is 65.2 Å². The zero-order valence-corrected chi connectivity index (χ0v) is 17.7. The highest BCUT2D eigenvalue weighted by atomic mass is 19.4. The van der Waals surface area contributed by atoms with Gasteiger partial charge in [-0.05, 0) is 54.5 Å². The van der Waals surface area contributed by atoms with Crippen molar-refractivity contribution in [1.29, 1.82) is 0 Å². The molecule has 0 spiro atoms. The van der Waals surface area contributed by atoms with Crippen LogP contribution >= 0.6 is 0 Å². The first kappa shape index (κ1) is 23.6. The number of amides is 2. The van der Waals surface area contributed by atoms with E-state index in [9.17, 15) is 18.0 Å². The summed E-state index contributed by atoms with van der Waals surface area (Å²) in [6.07, 6.45) is -3.04. The normalized spacial score (nSPS) is 20.1. The lowest BCUT2D eigenvalue weighted by Crippen LogP contribution is -2.46. The van der Waals surface area contributed by atoms with E-state index in [1.54, 1.807) is 0 Å². The number of likely N-dealkylation sites (tertiary alicyclic amines) is 1. The predicted octanol–water partition coefficient (Wildman–Crippen LogP) is 4.72. The Balaban J connectivity index is 0.000000360. The Morgan fingerprint density at radius 2 is 1.75 bits per heavy atom. The number of urea groups is 1. The van der Waals surface area contributed by atoms with Crippen LogP contribution in [-0.4, -0.2) is 40.8 Å². The van der Waals surface area contributed by atoms with Gasteiger partial charge in [0.15, 0.2) is 0 Å². The van der Waals surface area contributed by atoms with Crippen molar-refractivity contribution in [1.82, 2.24) is 10.2 Å². The molecule has 9 heteroatoms. The van der Waals surface area contributed by atoms with Gasteiger partial charge < -0.3 is 20.6 Å². The summed E-state index contributed by atoms with van der Waals surface area (Å²) in [6.45, 7) is 4.77. The number of benzene rings is 2. The summed E-state index contributed by atoms with van der Waals surface area (Å²) in [6, 6.07) is 17.1. The fourth-order valence-corrected chi connectivity index (χ4v) is 4.07. The topological polar surface area (TPSA) is 81.7 Å². The predicted molar refractivity (Wildman–Crippen MR) is 114 cm³/mol. The van der Waals surface area contributed by atoms with E-state index in [1.807, 2.05) is 11.0 Å². The SMILES string of the molecule is CC1CC(c2ccccc2)CCN1C(=O)Nc1ccc2c(c1)CNC2.O=C(O)C(F)(F)F. The van der Waals surface area contributed by atoms with Crippen LogP contribution in [0.15, 0.2) is 48.5 Å². The number of nitrogens with zero attached hydrogens (tertiary/aromatic N) is 1. The first-order valence-electron chi connectivity index (χ1n) is 10.4. The van der Waals surface area contributed by atoms with E-state index in [1.165, 1.54) is 16.7 Å². The summed E-state index contributed by atoms with van der Waals surface area (Å²) in [5.41, 5.74) is 4.90. The van der Waals surface area contributed by atoms with Gasteiger partial charge in [-0.1, -0.05) is 36.4 Å². The zero-order valence-electron chi connectivity index (χ0n) is 17.7. The molecule has 1 fully saturated rings. The molecule has 2 heterocycles. The summed E-state index contributed by atoms with van der Waals surface area (Å²) in [7, 11) is 0. The first-order valence-corrected chi connectivity index (χ1v) is 10.4. The van der Waals surface area contributed by atoms with Crippen molar-refractivity contribution in [2.75, 3.05) is 11.9 Å². The molecule has 0 radical (unpaired) electrons. The minimum Gasteiger partial charge on any atom is -0.475 e. The molecule has 172 valence electrons. The smallest absolute Gasteiger partial charge is 0.475 e. The fraction of sp³-hybridized carbons (Fsp3) is 0.391. The van der Waals surface area contributed by atoms with Gasteiger partial charge in [-0.25, -0.2) is 9.59 Å². The van der Waals surface area contributed by atoms with Gasteiger partial charge in [-0.2, -0.15) is 13.2 Å². The maximum atomic E-state index is 12.7. The molecule has 2 aliphatic rings. The van der Waals surface area contributed by atoms with Crippen molar-refractivity contribution in [3.63, 3.8) is 0 Å². The van der Waals surface area contributed by atoms with Crippen LogP contribution in [0.25, 0.3) is 0 Å². The number of carbonyl (C=O) groups is 2. The lowest BCUT2D eigenvalue weighted by atomic mass is 9.86. The zero-order chi connectivity index (χ0) is 23.3. The van der Waals surface area contributed by atoms with Crippen LogP contribution in [0, 0.1) is 0 Å². The molecule has 6 nitrogen and oxygen atoms in total. The molecule has 32 heavy (non-hydrogen) atoms. The lowest BCUT2D eigenvalue weighted by Gasteiger charge is -2.37. The molecular weight excluding hydrogens is 423 g/mol. The second-order valence-electron chi connectivity index (χ2n) is 7.99. The minimum absolute atomic E-state index is 0.0184. The average Bonchev–Trinajstić information content (AvgIpc) is 3.22. The number of rotatable bonds is 2. The Hall–Kier alpha value is -3.07. The van der Waals surface area contributed by atoms with Gasteiger partial charge in [0.1, 0.15) is 0 Å². The van der Waals surface area contributed by atoms with Crippen molar-refractivity contribution >= 4 is 17.7 Å². The number of hydrogen-bond donors (Lipinski definition) is 3. The molecule has 2 unspecified atom stereocenters. The van der Waals surface area contributed by atoms with E-state index in [4.69, 9.17) is 9.90 Å². The standard InChI is InChI=1S/C21H25N3O.C2HF3O2/c1-15-11-17(16-5-3-2-4-6-16)9-10-24(15)21(25)23-20-8-7-18-13-22-14-19(18)12-20;3-2(4,5)1(6)7/h2-8,12,15,17,22H,9-11,13-14H2,1H3,(H,23,25);(H,6,7). The number of anilines is 1. The average molecular weight is 449 g/mol. The molecule has 1 saturated heterocycles. The van der Waals surface area contributed by atoms with Crippen LogP contribution in [-0.2, 0) is 17.9 Å². The highest BCUT2D eigenvalue weighted by Gasteiger charge is 2.38. The second-order valence-corrected chi connectivity index (χ2v) is 7.99. The number of halogens is 3. The molecule has 0 bridgehead atoms. The molecule has 0 saturated carbocycles. The quantitative estimate of drug-likeness (QED) is 0.620. The van der Waals surface area contributed by atoms with Gasteiger partial charge in [0.25, 0.3) is 0 Å². The molecular formula is C23H26F3N3O3. The Bertz CT molecular complexity index is 950. The van der Waals surface area contributed by atoms with Gasteiger partial charge in [0, 0.05) is 31.4 Å². The van der Waals surface area contributed by atoms with Crippen molar-refractivity contribution in [2.24, 2.45) is 0 Å². The molecule has 0 aliphatic carbocycles. The minimum atomic E-state index is -5.08. The van der Waals surface area contributed by atoms with E-state index in [2.05, 4.69) is 60.0 Å². The van der Waals surface area contributed by atoms with E-state index < -0.39 is 12.1 Å². The van der Waals surface area contributed by atoms with Gasteiger partial charge >= 0.3 is 18.2 Å². The van der Waals surface area contributed by atoms with Crippen molar-refractivity contribution < 1.29 is 27.9 Å². The summed E-state index contributed by atoms with van der Waals surface area (Å²) in [4.78, 5) is 23.6. The van der Waals surface area contributed by atoms with Crippen molar-refractivity contribution in [3.8, 4) is 0 Å². The molecule has 2 aromatic rings. The highest BCUT2D eigenvalue weighted by molar-refractivity contribution is 5.89. The number of alkyl halides is 3. The summed E-state index contributed by atoms with van der Waals surface area (Å²) >= 11 is 0. The molecule has 2 atom stereocenters. The van der Waals surface area contributed by atoms with Gasteiger partial charge in [-0.3, -0.25) is 0 Å². The van der Waals surface area contributed by atoms with Crippen LogP contribution in [0.4, 0.5) is 23.7 Å². The van der Waals surface area contributed by atoms with Gasteiger partial charge in [0.05, 0.1) is 0 Å². The molecule has 0 aromatic heterocycles. The monoisotopic (exact) mass is 449 g/mol. The van der Waals surface area contributed by atoms with Gasteiger partial charge in [0.2, 0.25) is 0 Å². The van der Waals surface area contributed by atoms with Crippen LogP contribution in [0.1, 0.15) is 42.4 Å². The Kier molecular flexibility index (Phi) is 7.40. The van der Waals surface area contributed by atoms with Crippen LogP contribution in [0.5, 0.6) is 0 Å². The summed E-state index contributed by atoms with van der Waals surface area (Å²) < 4.78 is 31.7. The van der Waals surface area contributed by atoms with E-state index in [0.29, 0.717) is 5.92 Å². The van der Waals surface area contributed by atoms with Crippen LogP contribution in [0.3, 0.4) is 0 Å². The highest BCUT2D eigenvalue weighted by Crippen LogP contribution is 2.32. The maximum absolute atomic E-state index is 12.7. The second kappa shape index (κ2) is 10.0. The molecule has 2 aliphatic heterocycles. The Labute approximate surface area is 184 Å². The first-order chi connectivity index (χ1) is 15.1. The number of carbonyl (C=O) groups excluding carboxylic acids is 1.